The Balaban J connectivity index is 1.35. The number of aromatic amines is 1. The number of hydrogen-bond donors (Lipinski definition) is 3. The molecule has 2 aromatic heterocycles. The lowest BCUT2D eigenvalue weighted by atomic mass is 10.0. The predicted octanol–water partition coefficient (Wildman–Crippen LogP) is 2.31. The second-order valence-corrected chi connectivity index (χ2v) is 7.72. The van der Waals surface area contributed by atoms with Crippen molar-refractivity contribution in [2.75, 3.05) is 6.54 Å². The van der Waals surface area contributed by atoms with Gasteiger partial charge in [-0.2, -0.15) is 5.10 Å². The maximum atomic E-state index is 12.7. The quantitative estimate of drug-likeness (QED) is 0.765. The molecule has 0 bridgehead atoms. The van der Waals surface area contributed by atoms with Gasteiger partial charge in [-0.3, -0.25) is 9.89 Å². The summed E-state index contributed by atoms with van der Waals surface area (Å²) in [5.74, 6) is 1.70. The van der Waals surface area contributed by atoms with Crippen LogP contribution in [0.25, 0.3) is 0 Å². The fourth-order valence-corrected chi connectivity index (χ4v) is 4.48. The molecule has 140 valence electrons. The monoisotopic (exact) mass is 357 g/mol. The molecule has 2 heterocycles. The Bertz CT molecular complexity index is 762. The van der Waals surface area contributed by atoms with Gasteiger partial charge in [0, 0.05) is 30.6 Å². The average molecular weight is 357 g/mol. The van der Waals surface area contributed by atoms with Crippen LogP contribution in [0.2, 0.25) is 0 Å². The first-order valence-corrected chi connectivity index (χ1v) is 9.64. The van der Waals surface area contributed by atoms with Gasteiger partial charge in [-0.05, 0) is 44.7 Å². The van der Waals surface area contributed by atoms with Gasteiger partial charge in [0.15, 0.2) is 5.82 Å². The molecule has 7 heteroatoms. The molecule has 0 radical (unpaired) electrons. The second-order valence-electron chi connectivity index (χ2n) is 7.72. The Labute approximate surface area is 153 Å². The molecule has 3 atom stereocenters. The van der Waals surface area contributed by atoms with E-state index in [1.165, 1.54) is 12.8 Å². The lowest BCUT2D eigenvalue weighted by Crippen LogP contribution is -2.33. The van der Waals surface area contributed by atoms with E-state index in [2.05, 4.69) is 25.1 Å². The first-order valence-electron chi connectivity index (χ1n) is 9.64. The van der Waals surface area contributed by atoms with Crippen LogP contribution in [-0.4, -0.2) is 43.4 Å². The van der Waals surface area contributed by atoms with E-state index in [1.807, 2.05) is 25.3 Å². The zero-order valence-corrected chi connectivity index (χ0v) is 15.2. The van der Waals surface area contributed by atoms with Crippen LogP contribution in [0.4, 0.5) is 0 Å². The largest absolute Gasteiger partial charge is 0.393 e. The number of aliphatic hydroxyl groups is 1. The summed E-state index contributed by atoms with van der Waals surface area (Å²) in [6, 6.07) is 4.28. The van der Waals surface area contributed by atoms with E-state index in [4.69, 9.17) is 0 Å². The zero-order valence-electron chi connectivity index (χ0n) is 15.2. The summed E-state index contributed by atoms with van der Waals surface area (Å²) in [4.78, 5) is 17.0. The highest BCUT2D eigenvalue weighted by Crippen LogP contribution is 2.37. The van der Waals surface area contributed by atoms with Gasteiger partial charge in [-0.1, -0.05) is 12.8 Å². The highest BCUT2D eigenvalue weighted by Gasteiger charge is 2.36. The molecule has 1 amide bonds. The van der Waals surface area contributed by atoms with E-state index < -0.39 is 6.10 Å². The molecule has 7 nitrogen and oxygen atoms in total. The smallest absolute Gasteiger partial charge is 0.267 e. The number of carbonyl (C=O) groups excluding carboxylic acids is 1. The number of hydrogen-bond acceptors (Lipinski definition) is 4. The van der Waals surface area contributed by atoms with E-state index in [1.54, 1.807) is 0 Å². The van der Waals surface area contributed by atoms with E-state index in [0.29, 0.717) is 19.0 Å². The maximum Gasteiger partial charge on any atom is 0.267 e. The van der Waals surface area contributed by atoms with E-state index >= 15 is 0 Å². The van der Waals surface area contributed by atoms with Crippen LogP contribution < -0.4 is 5.32 Å². The van der Waals surface area contributed by atoms with Gasteiger partial charge < -0.3 is 15.0 Å². The Morgan fingerprint density at radius 3 is 2.92 bits per heavy atom. The number of aryl methyl sites for hydroxylation is 1. The minimum Gasteiger partial charge on any atom is -0.393 e. The van der Waals surface area contributed by atoms with Crippen molar-refractivity contribution < 1.29 is 9.90 Å². The van der Waals surface area contributed by atoms with E-state index in [0.717, 1.165) is 36.6 Å². The molecule has 0 saturated heterocycles. The molecule has 2 aliphatic carbocycles. The standard InChI is InChI=1S/C19H27N5O2/c1-12-21-18(23-22-12)13-9-14(17(25)10-13)11-20-19(26)16-7-4-8-24(16)15-5-2-3-6-15/h4,7-8,13-15,17,25H,2-3,5-6,9-11H2,1H3,(H,20,26)(H,21,22,23)/t13-,14+,17+/m0/s1. The molecule has 26 heavy (non-hydrogen) atoms. The number of rotatable bonds is 5. The van der Waals surface area contributed by atoms with Crippen LogP contribution >= 0.6 is 0 Å². The third-order valence-electron chi connectivity index (χ3n) is 5.89. The van der Waals surface area contributed by atoms with Crippen molar-refractivity contribution in [3.05, 3.63) is 35.7 Å². The number of aromatic nitrogens is 4. The Hall–Kier alpha value is -2.15. The molecule has 4 rings (SSSR count). The fraction of sp³-hybridized carbons (Fsp3) is 0.632. The normalized spacial score (nSPS) is 26.5. The third kappa shape index (κ3) is 3.40. The van der Waals surface area contributed by atoms with Crippen LogP contribution in [0.3, 0.4) is 0 Å². The van der Waals surface area contributed by atoms with Crippen LogP contribution in [0.1, 0.15) is 72.6 Å². The Morgan fingerprint density at radius 2 is 2.19 bits per heavy atom. The lowest BCUT2D eigenvalue weighted by Gasteiger charge is -2.18. The highest BCUT2D eigenvalue weighted by molar-refractivity contribution is 5.92. The van der Waals surface area contributed by atoms with Gasteiger partial charge in [0.2, 0.25) is 0 Å². The molecule has 3 N–H and O–H groups in total. The summed E-state index contributed by atoms with van der Waals surface area (Å²) >= 11 is 0. The molecule has 2 aliphatic rings. The fourth-order valence-electron chi connectivity index (χ4n) is 4.48. The summed E-state index contributed by atoms with van der Waals surface area (Å²) in [7, 11) is 0. The van der Waals surface area contributed by atoms with Crippen molar-refractivity contribution in [1.29, 1.82) is 0 Å². The van der Waals surface area contributed by atoms with Gasteiger partial charge in [-0.15, -0.1) is 0 Å². The number of amides is 1. The first kappa shape index (κ1) is 17.3. The number of nitrogens with one attached hydrogen (secondary N) is 2. The molecule has 0 aliphatic heterocycles. The summed E-state index contributed by atoms with van der Waals surface area (Å²) in [5, 5.41) is 20.5. The van der Waals surface area contributed by atoms with Crippen molar-refractivity contribution in [2.45, 2.75) is 63.5 Å². The van der Waals surface area contributed by atoms with Crippen molar-refractivity contribution in [3.8, 4) is 0 Å². The van der Waals surface area contributed by atoms with Gasteiger partial charge in [-0.25, -0.2) is 4.98 Å². The predicted molar refractivity (Wildman–Crippen MR) is 96.9 cm³/mol. The van der Waals surface area contributed by atoms with Crippen molar-refractivity contribution in [2.24, 2.45) is 5.92 Å². The molecular weight excluding hydrogens is 330 g/mol. The van der Waals surface area contributed by atoms with Crippen molar-refractivity contribution in [3.63, 3.8) is 0 Å². The second kappa shape index (κ2) is 7.23. The summed E-state index contributed by atoms with van der Waals surface area (Å²) < 4.78 is 2.12. The van der Waals surface area contributed by atoms with E-state index in [9.17, 15) is 9.90 Å². The molecule has 0 unspecified atom stereocenters. The highest BCUT2D eigenvalue weighted by atomic mass is 16.3. The van der Waals surface area contributed by atoms with Crippen LogP contribution in [-0.2, 0) is 0 Å². The number of carbonyl (C=O) groups is 1. The topological polar surface area (TPSA) is 95.8 Å². The number of nitrogens with zero attached hydrogens (tertiary/aromatic N) is 3. The van der Waals surface area contributed by atoms with Gasteiger partial charge >= 0.3 is 0 Å². The van der Waals surface area contributed by atoms with Crippen LogP contribution in [0.5, 0.6) is 0 Å². The van der Waals surface area contributed by atoms with Crippen molar-refractivity contribution in [1.82, 2.24) is 25.1 Å². The molecule has 2 saturated carbocycles. The molecule has 2 fully saturated rings. The Kier molecular flexibility index (Phi) is 4.80. The summed E-state index contributed by atoms with van der Waals surface area (Å²) in [6.45, 7) is 2.36. The molecule has 0 spiro atoms. The average Bonchev–Trinajstić information content (AvgIpc) is 3.39. The van der Waals surface area contributed by atoms with E-state index in [-0.39, 0.29) is 17.7 Å². The molecular formula is C19H27N5O2. The summed E-state index contributed by atoms with van der Waals surface area (Å²) in [5.41, 5.74) is 0.727. The van der Waals surface area contributed by atoms with Crippen molar-refractivity contribution >= 4 is 5.91 Å². The minimum absolute atomic E-state index is 0.0395. The van der Waals surface area contributed by atoms with Gasteiger partial charge in [0.1, 0.15) is 11.5 Å². The Morgan fingerprint density at radius 1 is 1.38 bits per heavy atom. The molecule has 2 aromatic rings. The van der Waals surface area contributed by atoms with Crippen LogP contribution in [0, 0.1) is 12.8 Å². The maximum absolute atomic E-state index is 12.7. The minimum atomic E-state index is -0.430. The van der Waals surface area contributed by atoms with Gasteiger partial charge in [0.05, 0.1) is 6.10 Å². The summed E-state index contributed by atoms with van der Waals surface area (Å²) in [6.07, 6.45) is 7.79. The first-order chi connectivity index (χ1) is 12.6. The van der Waals surface area contributed by atoms with Crippen LogP contribution in [0.15, 0.2) is 18.3 Å². The number of H-pyrrole nitrogens is 1. The zero-order chi connectivity index (χ0) is 18.1. The van der Waals surface area contributed by atoms with Gasteiger partial charge in [0.25, 0.3) is 5.91 Å². The lowest BCUT2D eigenvalue weighted by molar-refractivity contribution is 0.0905. The third-order valence-corrected chi connectivity index (χ3v) is 5.89. The molecule has 0 aromatic carbocycles. The number of aliphatic hydroxyl groups excluding tert-OH is 1. The SMILES string of the molecule is Cc1nc([C@H]2C[C@H](CNC(=O)c3cccn3C3CCCC3)[C@H](O)C2)n[nH]1.